The van der Waals surface area contributed by atoms with Gasteiger partial charge in [-0.2, -0.15) is 0 Å². The molecule has 0 aromatic heterocycles. The van der Waals surface area contributed by atoms with Gasteiger partial charge >= 0.3 is 5.97 Å². The number of methoxy groups -OCH3 is 1. The zero-order valence-corrected chi connectivity index (χ0v) is 10.9. The molecule has 4 nitrogen and oxygen atoms in total. The average Bonchev–Trinajstić information content (AvgIpc) is 3.18. The topological polar surface area (TPSA) is 68.5 Å². The molecular formula is C13H23NO3. The van der Waals surface area contributed by atoms with Crippen LogP contribution in [0.4, 0.5) is 0 Å². The maximum absolute atomic E-state index is 11.0. The molecule has 1 aliphatic carbocycles. The maximum Gasteiger partial charge on any atom is 0.333 e. The fourth-order valence-electron chi connectivity index (χ4n) is 1.54. The van der Waals surface area contributed by atoms with E-state index in [0.717, 1.165) is 18.4 Å². The van der Waals surface area contributed by atoms with Crippen molar-refractivity contribution >= 4 is 5.97 Å². The van der Waals surface area contributed by atoms with Crippen LogP contribution in [0.2, 0.25) is 0 Å². The number of hydrogen-bond donors (Lipinski definition) is 2. The lowest BCUT2D eigenvalue weighted by atomic mass is 10.00. The molecule has 4 heteroatoms. The second kappa shape index (κ2) is 8.96. The van der Waals surface area contributed by atoms with Gasteiger partial charge in [-0.1, -0.05) is 26.0 Å². The number of ether oxygens (including phenoxy) is 1. The third-order valence-electron chi connectivity index (χ3n) is 2.44. The number of carbonyl (C=O) groups excluding carboxylic acids is 1. The summed E-state index contributed by atoms with van der Waals surface area (Å²) in [5.41, 5.74) is 0.832. The van der Waals surface area contributed by atoms with Crippen LogP contribution in [0.3, 0.4) is 0 Å². The van der Waals surface area contributed by atoms with Gasteiger partial charge in [-0.05, 0) is 12.8 Å². The Balaban J connectivity index is 0.000000368. The van der Waals surface area contributed by atoms with Crippen molar-refractivity contribution < 1.29 is 14.6 Å². The molecule has 2 aliphatic rings. The molecule has 0 aromatic rings. The van der Waals surface area contributed by atoms with Crippen molar-refractivity contribution in [3.05, 3.63) is 24.3 Å². The molecular weight excluding hydrogens is 218 g/mol. The van der Waals surface area contributed by atoms with E-state index in [1.54, 1.807) is 0 Å². The monoisotopic (exact) mass is 241 g/mol. The van der Waals surface area contributed by atoms with Crippen LogP contribution in [0.15, 0.2) is 24.3 Å². The molecule has 2 N–H and O–H groups in total. The Kier molecular flexibility index (Phi) is 8.36. The smallest absolute Gasteiger partial charge is 0.333 e. The molecule has 0 radical (unpaired) electrons. The van der Waals surface area contributed by atoms with Gasteiger partial charge in [0.2, 0.25) is 0 Å². The minimum Gasteiger partial charge on any atom is -0.466 e. The highest BCUT2D eigenvalue weighted by molar-refractivity contribution is 5.88. The quantitative estimate of drug-likeness (QED) is 0.436. The van der Waals surface area contributed by atoms with E-state index >= 15 is 0 Å². The lowest BCUT2D eigenvalue weighted by molar-refractivity contribution is -0.136. The van der Waals surface area contributed by atoms with Crippen molar-refractivity contribution in [2.75, 3.05) is 13.7 Å². The van der Waals surface area contributed by atoms with Gasteiger partial charge in [0.1, 0.15) is 0 Å². The molecule has 0 spiro atoms. The van der Waals surface area contributed by atoms with Crippen LogP contribution in [-0.2, 0) is 9.53 Å². The van der Waals surface area contributed by atoms with Crippen molar-refractivity contribution in [1.29, 1.82) is 0 Å². The highest BCUT2D eigenvalue weighted by Crippen LogP contribution is 2.28. The van der Waals surface area contributed by atoms with Crippen LogP contribution in [0.1, 0.15) is 26.7 Å². The molecule has 0 bridgehead atoms. The van der Waals surface area contributed by atoms with E-state index in [0.29, 0.717) is 12.1 Å². The van der Waals surface area contributed by atoms with E-state index in [9.17, 15) is 4.79 Å². The highest BCUT2D eigenvalue weighted by Gasteiger charge is 2.39. The second-order valence-corrected chi connectivity index (χ2v) is 3.51. The van der Waals surface area contributed by atoms with E-state index in [2.05, 4.69) is 16.6 Å². The SMILES string of the molecule is C=CCO.CC.COC(=O)C1=CCC2NC2C1. The first kappa shape index (κ1) is 15.9. The second-order valence-electron chi connectivity index (χ2n) is 3.51. The number of carbonyl (C=O) groups is 1. The van der Waals surface area contributed by atoms with E-state index in [4.69, 9.17) is 5.11 Å². The van der Waals surface area contributed by atoms with Crippen molar-refractivity contribution in [1.82, 2.24) is 5.32 Å². The van der Waals surface area contributed by atoms with Gasteiger partial charge in [0.15, 0.2) is 0 Å². The summed E-state index contributed by atoms with van der Waals surface area (Å²) in [5.74, 6) is -0.169. The molecule has 1 heterocycles. The Bertz CT molecular complexity index is 274. The molecule has 0 aromatic carbocycles. The standard InChI is InChI=1S/C8H11NO2.C3H6O.C2H6/c1-11-8(10)5-2-3-6-7(4-5)9-6;1-2-3-4;1-2/h2,6-7,9H,3-4H2,1H3;2,4H,1,3H2;1-2H3. The number of esters is 1. The van der Waals surface area contributed by atoms with Crippen LogP contribution in [0, 0.1) is 0 Å². The molecule has 0 amide bonds. The first-order valence-electron chi connectivity index (χ1n) is 5.98. The van der Waals surface area contributed by atoms with Crippen LogP contribution >= 0.6 is 0 Å². The summed E-state index contributed by atoms with van der Waals surface area (Å²) in [6.45, 7) is 7.31. The van der Waals surface area contributed by atoms with Gasteiger partial charge in [0, 0.05) is 17.7 Å². The lowest BCUT2D eigenvalue weighted by Gasteiger charge is -2.07. The predicted octanol–water partition coefficient (Wildman–Crippen LogP) is 1.41. The summed E-state index contributed by atoms with van der Waals surface area (Å²) in [5, 5.41) is 11.0. The average molecular weight is 241 g/mol. The lowest BCUT2D eigenvalue weighted by Crippen LogP contribution is -2.11. The Morgan fingerprint density at radius 3 is 2.65 bits per heavy atom. The largest absolute Gasteiger partial charge is 0.466 e. The maximum atomic E-state index is 11.0. The van der Waals surface area contributed by atoms with E-state index in [-0.39, 0.29) is 12.6 Å². The Hall–Kier alpha value is -1.13. The zero-order chi connectivity index (χ0) is 13.3. The van der Waals surface area contributed by atoms with Crippen molar-refractivity contribution in [2.45, 2.75) is 38.8 Å². The van der Waals surface area contributed by atoms with Gasteiger partial charge in [0.05, 0.1) is 13.7 Å². The fourth-order valence-corrected chi connectivity index (χ4v) is 1.54. The minimum absolute atomic E-state index is 0.0833. The first-order chi connectivity index (χ1) is 8.22. The summed E-state index contributed by atoms with van der Waals surface area (Å²) in [4.78, 5) is 11.0. The van der Waals surface area contributed by atoms with Gasteiger partial charge in [-0.25, -0.2) is 4.79 Å². The molecule has 1 saturated heterocycles. The molecule has 1 fully saturated rings. The number of hydrogen-bond acceptors (Lipinski definition) is 4. The molecule has 2 rings (SSSR count). The van der Waals surface area contributed by atoms with E-state index < -0.39 is 0 Å². The van der Waals surface area contributed by atoms with Gasteiger partial charge in [0.25, 0.3) is 0 Å². The third kappa shape index (κ3) is 5.65. The minimum atomic E-state index is -0.169. The van der Waals surface area contributed by atoms with Crippen LogP contribution in [0.25, 0.3) is 0 Å². The molecule has 2 atom stereocenters. The Morgan fingerprint density at radius 1 is 1.65 bits per heavy atom. The number of rotatable bonds is 2. The summed E-state index contributed by atoms with van der Waals surface area (Å²) >= 11 is 0. The number of fused-ring (bicyclic) bond motifs is 1. The number of aliphatic hydroxyl groups excluding tert-OH is 1. The van der Waals surface area contributed by atoms with Crippen molar-refractivity contribution in [3.8, 4) is 0 Å². The summed E-state index contributed by atoms with van der Waals surface area (Å²) in [6.07, 6.45) is 5.24. The normalized spacial score (nSPS) is 23.6. The summed E-state index contributed by atoms with van der Waals surface area (Å²) in [6, 6.07) is 1.19. The van der Waals surface area contributed by atoms with Gasteiger partial charge in [-0.3, -0.25) is 0 Å². The van der Waals surface area contributed by atoms with E-state index in [1.807, 2.05) is 19.9 Å². The zero-order valence-electron chi connectivity index (χ0n) is 10.9. The molecule has 98 valence electrons. The fraction of sp³-hybridized carbons (Fsp3) is 0.615. The molecule has 2 unspecified atom stereocenters. The van der Waals surface area contributed by atoms with Crippen LogP contribution in [-0.4, -0.2) is 36.9 Å². The van der Waals surface area contributed by atoms with Gasteiger partial charge < -0.3 is 15.2 Å². The number of aliphatic hydroxyl groups is 1. The predicted molar refractivity (Wildman–Crippen MR) is 68.7 cm³/mol. The molecule has 17 heavy (non-hydrogen) atoms. The first-order valence-corrected chi connectivity index (χ1v) is 5.98. The van der Waals surface area contributed by atoms with Crippen LogP contribution in [0.5, 0.6) is 0 Å². The Morgan fingerprint density at radius 2 is 2.24 bits per heavy atom. The van der Waals surface area contributed by atoms with Gasteiger partial charge in [-0.15, -0.1) is 6.58 Å². The third-order valence-corrected chi connectivity index (χ3v) is 2.44. The van der Waals surface area contributed by atoms with Crippen molar-refractivity contribution in [2.24, 2.45) is 0 Å². The molecule has 0 saturated carbocycles. The van der Waals surface area contributed by atoms with Crippen LogP contribution < -0.4 is 5.32 Å². The van der Waals surface area contributed by atoms with Crippen molar-refractivity contribution in [3.63, 3.8) is 0 Å². The molecule has 1 aliphatic heterocycles. The summed E-state index contributed by atoms with van der Waals surface area (Å²) in [7, 11) is 1.43. The Labute approximate surface area is 103 Å². The number of nitrogens with one attached hydrogen (secondary N) is 1. The van der Waals surface area contributed by atoms with E-state index in [1.165, 1.54) is 13.2 Å². The summed E-state index contributed by atoms with van der Waals surface area (Å²) < 4.78 is 4.62. The highest BCUT2D eigenvalue weighted by atomic mass is 16.5.